The lowest BCUT2D eigenvalue weighted by molar-refractivity contribution is 0.0940. The number of carbonyl (C=O) groups is 1. The van der Waals surface area contributed by atoms with Crippen LogP contribution in [0.5, 0.6) is 0 Å². The molecule has 150 valence electrons. The Hall–Kier alpha value is -2.48. The quantitative estimate of drug-likeness (QED) is 0.534. The molecular formula is C22H21BrN2O3S. The lowest BCUT2D eigenvalue weighted by Gasteiger charge is -2.14. The van der Waals surface area contributed by atoms with Crippen LogP contribution in [0.4, 0.5) is 0 Å². The van der Waals surface area contributed by atoms with Crippen molar-refractivity contribution in [3.05, 3.63) is 100 Å². The summed E-state index contributed by atoms with van der Waals surface area (Å²) < 4.78 is 28.1. The number of carbonyl (C=O) groups excluding carboxylic acids is 1. The van der Waals surface area contributed by atoms with Crippen molar-refractivity contribution in [1.29, 1.82) is 0 Å². The van der Waals surface area contributed by atoms with Crippen molar-refractivity contribution in [3.8, 4) is 0 Å². The molecule has 2 N–H and O–H groups in total. The topological polar surface area (TPSA) is 75.3 Å². The Kier molecular flexibility index (Phi) is 6.84. The molecule has 0 aliphatic rings. The highest BCUT2D eigenvalue weighted by Gasteiger charge is 2.14. The maximum Gasteiger partial charge on any atom is 0.251 e. The SMILES string of the molecule is C[C@@H](NC(=O)c1ccc(CNS(=O)(=O)c2ccc(Br)cc2)cc1)c1ccccc1. The Morgan fingerprint density at radius 2 is 1.55 bits per heavy atom. The summed E-state index contributed by atoms with van der Waals surface area (Å²) in [6, 6.07) is 22.9. The molecule has 0 spiro atoms. The van der Waals surface area contributed by atoms with Gasteiger partial charge in [-0.25, -0.2) is 13.1 Å². The van der Waals surface area contributed by atoms with Gasteiger partial charge in [0.15, 0.2) is 0 Å². The molecule has 0 radical (unpaired) electrons. The fourth-order valence-electron chi connectivity index (χ4n) is 2.75. The van der Waals surface area contributed by atoms with E-state index in [4.69, 9.17) is 0 Å². The zero-order chi connectivity index (χ0) is 20.9. The molecule has 0 fully saturated rings. The summed E-state index contributed by atoms with van der Waals surface area (Å²) in [4.78, 5) is 12.6. The number of benzene rings is 3. The van der Waals surface area contributed by atoms with Crippen molar-refractivity contribution in [3.63, 3.8) is 0 Å². The van der Waals surface area contributed by atoms with E-state index in [9.17, 15) is 13.2 Å². The van der Waals surface area contributed by atoms with Crippen molar-refractivity contribution in [2.45, 2.75) is 24.4 Å². The van der Waals surface area contributed by atoms with E-state index in [1.807, 2.05) is 37.3 Å². The van der Waals surface area contributed by atoms with Crippen LogP contribution in [0.15, 0.2) is 88.2 Å². The van der Waals surface area contributed by atoms with Crippen LogP contribution in [-0.2, 0) is 16.6 Å². The molecule has 0 aliphatic carbocycles. The number of hydrogen-bond donors (Lipinski definition) is 2. The van der Waals surface area contributed by atoms with Crippen LogP contribution in [0.3, 0.4) is 0 Å². The van der Waals surface area contributed by atoms with Crippen LogP contribution < -0.4 is 10.0 Å². The summed E-state index contributed by atoms with van der Waals surface area (Å²) in [7, 11) is -3.60. The van der Waals surface area contributed by atoms with Crippen molar-refractivity contribution >= 4 is 31.9 Å². The van der Waals surface area contributed by atoms with Gasteiger partial charge in [0.25, 0.3) is 5.91 Å². The van der Waals surface area contributed by atoms with Gasteiger partial charge in [0, 0.05) is 16.6 Å². The molecule has 7 heteroatoms. The molecule has 1 atom stereocenters. The Labute approximate surface area is 179 Å². The lowest BCUT2D eigenvalue weighted by atomic mass is 10.1. The second kappa shape index (κ2) is 9.35. The zero-order valence-corrected chi connectivity index (χ0v) is 18.2. The molecule has 0 unspecified atom stereocenters. The van der Waals surface area contributed by atoms with Gasteiger partial charge in [0.1, 0.15) is 0 Å². The molecule has 1 amide bonds. The predicted molar refractivity (Wildman–Crippen MR) is 117 cm³/mol. The number of halogens is 1. The highest BCUT2D eigenvalue weighted by molar-refractivity contribution is 9.10. The molecule has 3 rings (SSSR count). The van der Waals surface area contributed by atoms with Crippen LogP contribution in [0.1, 0.15) is 34.5 Å². The standard InChI is InChI=1S/C22H21BrN2O3S/c1-16(18-5-3-2-4-6-18)25-22(26)19-9-7-17(8-10-19)15-24-29(27,28)21-13-11-20(23)12-14-21/h2-14,16,24H,15H2,1H3,(H,25,26)/t16-/m1/s1. The first-order chi connectivity index (χ1) is 13.8. The summed E-state index contributed by atoms with van der Waals surface area (Å²) in [5.74, 6) is -0.177. The molecule has 3 aromatic carbocycles. The average molecular weight is 473 g/mol. The molecular weight excluding hydrogens is 452 g/mol. The van der Waals surface area contributed by atoms with Gasteiger partial charge < -0.3 is 5.32 Å². The van der Waals surface area contributed by atoms with Crippen LogP contribution in [0, 0.1) is 0 Å². The number of rotatable bonds is 7. The molecule has 0 bridgehead atoms. The van der Waals surface area contributed by atoms with E-state index in [0.29, 0.717) is 5.56 Å². The smallest absolute Gasteiger partial charge is 0.251 e. The molecule has 0 saturated heterocycles. The van der Waals surface area contributed by atoms with E-state index in [1.54, 1.807) is 36.4 Å². The zero-order valence-electron chi connectivity index (χ0n) is 15.8. The Morgan fingerprint density at radius 3 is 2.17 bits per heavy atom. The Morgan fingerprint density at radius 1 is 0.931 bits per heavy atom. The molecule has 0 saturated carbocycles. The summed E-state index contributed by atoms with van der Waals surface area (Å²) in [5, 5.41) is 2.96. The van der Waals surface area contributed by atoms with Gasteiger partial charge >= 0.3 is 0 Å². The van der Waals surface area contributed by atoms with Crippen LogP contribution >= 0.6 is 15.9 Å². The number of amides is 1. The lowest BCUT2D eigenvalue weighted by Crippen LogP contribution is -2.26. The maximum absolute atomic E-state index is 12.4. The number of hydrogen-bond acceptors (Lipinski definition) is 3. The van der Waals surface area contributed by atoms with Crippen LogP contribution in [-0.4, -0.2) is 14.3 Å². The van der Waals surface area contributed by atoms with Gasteiger partial charge in [-0.05, 0) is 54.4 Å². The van der Waals surface area contributed by atoms with Crippen LogP contribution in [0.25, 0.3) is 0 Å². The molecule has 5 nitrogen and oxygen atoms in total. The summed E-state index contributed by atoms with van der Waals surface area (Å²) in [6.07, 6.45) is 0. The first-order valence-electron chi connectivity index (χ1n) is 9.05. The van der Waals surface area contributed by atoms with Crippen molar-refractivity contribution in [2.24, 2.45) is 0 Å². The van der Waals surface area contributed by atoms with E-state index < -0.39 is 10.0 Å². The number of nitrogens with one attached hydrogen (secondary N) is 2. The normalized spacial score (nSPS) is 12.3. The maximum atomic E-state index is 12.4. The molecule has 0 aliphatic heterocycles. The summed E-state index contributed by atoms with van der Waals surface area (Å²) in [5.41, 5.74) is 2.31. The largest absolute Gasteiger partial charge is 0.346 e. The fraction of sp³-hybridized carbons (Fsp3) is 0.136. The third kappa shape index (κ3) is 5.76. The fourth-order valence-corrected chi connectivity index (χ4v) is 4.04. The second-order valence-electron chi connectivity index (χ2n) is 6.58. The van der Waals surface area contributed by atoms with Gasteiger partial charge in [-0.3, -0.25) is 4.79 Å². The van der Waals surface area contributed by atoms with Crippen LogP contribution in [0.2, 0.25) is 0 Å². The van der Waals surface area contributed by atoms with Crippen molar-refractivity contribution in [1.82, 2.24) is 10.0 Å². The minimum Gasteiger partial charge on any atom is -0.346 e. The van der Waals surface area contributed by atoms with Gasteiger partial charge in [-0.15, -0.1) is 0 Å². The average Bonchev–Trinajstić information content (AvgIpc) is 2.73. The summed E-state index contributed by atoms with van der Waals surface area (Å²) >= 11 is 3.29. The van der Waals surface area contributed by atoms with Gasteiger partial charge in [0.05, 0.1) is 10.9 Å². The predicted octanol–water partition coefficient (Wildman–Crippen LogP) is 4.42. The molecule has 3 aromatic rings. The van der Waals surface area contributed by atoms with E-state index in [-0.39, 0.29) is 23.4 Å². The van der Waals surface area contributed by atoms with Gasteiger partial charge in [0.2, 0.25) is 10.0 Å². The Balaban J connectivity index is 1.59. The minimum absolute atomic E-state index is 0.110. The monoisotopic (exact) mass is 472 g/mol. The van der Waals surface area contributed by atoms with E-state index >= 15 is 0 Å². The van der Waals surface area contributed by atoms with Gasteiger partial charge in [-0.2, -0.15) is 0 Å². The van der Waals surface area contributed by atoms with E-state index in [0.717, 1.165) is 15.6 Å². The first kappa shape index (κ1) is 21.2. The van der Waals surface area contributed by atoms with Crippen molar-refractivity contribution in [2.75, 3.05) is 0 Å². The van der Waals surface area contributed by atoms with E-state index in [1.165, 1.54) is 12.1 Å². The van der Waals surface area contributed by atoms with Gasteiger partial charge in [-0.1, -0.05) is 58.4 Å². The number of sulfonamides is 1. The second-order valence-corrected chi connectivity index (χ2v) is 9.26. The molecule has 0 heterocycles. The Bertz CT molecular complexity index is 1070. The first-order valence-corrected chi connectivity index (χ1v) is 11.3. The van der Waals surface area contributed by atoms with Crippen molar-refractivity contribution < 1.29 is 13.2 Å². The summed E-state index contributed by atoms with van der Waals surface area (Å²) in [6.45, 7) is 2.07. The minimum atomic E-state index is -3.60. The molecule has 29 heavy (non-hydrogen) atoms. The van der Waals surface area contributed by atoms with E-state index in [2.05, 4.69) is 26.0 Å². The highest BCUT2D eigenvalue weighted by atomic mass is 79.9. The molecule has 0 aromatic heterocycles. The highest BCUT2D eigenvalue weighted by Crippen LogP contribution is 2.16. The third-order valence-electron chi connectivity index (χ3n) is 4.45. The third-order valence-corrected chi connectivity index (χ3v) is 6.40.